The molecule has 0 unspecified atom stereocenters. The van der Waals surface area contributed by atoms with Crippen LogP contribution in [0.4, 0.5) is 0 Å². The third kappa shape index (κ3) is 4.04. The van der Waals surface area contributed by atoms with Gasteiger partial charge in [0.1, 0.15) is 0 Å². The van der Waals surface area contributed by atoms with E-state index in [1.165, 1.54) is 0 Å². The topological polar surface area (TPSA) is 9.23 Å². The van der Waals surface area contributed by atoms with Crippen LogP contribution in [0.25, 0.3) is 0 Å². The third-order valence-corrected chi connectivity index (χ3v) is 11.2. The van der Waals surface area contributed by atoms with E-state index < -0.39 is 16.6 Å². The van der Waals surface area contributed by atoms with Crippen molar-refractivity contribution in [3.8, 4) is 0 Å². The second-order valence-electron chi connectivity index (χ2n) is 5.67. The summed E-state index contributed by atoms with van der Waals surface area (Å²) in [5.41, 5.74) is 0. The molecule has 1 rings (SSSR count). The summed E-state index contributed by atoms with van der Waals surface area (Å²) in [5, 5.41) is 2.03. The van der Waals surface area contributed by atoms with Crippen LogP contribution < -0.4 is 5.19 Å². The van der Waals surface area contributed by atoms with Crippen LogP contribution in [-0.4, -0.2) is 16.6 Å². The van der Waals surface area contributed by atoms with Gasteiger partial charge in [0.2, 0.25) is 8.32 Å². The van der Waals surface area contributed by atoms with E-state index >= 15 is 0 Å². The molecule has 0 heterocycles. The Labute approximate surface area is 141 Å². The van der Waals surface area contributed by atoms with Crippen molar-refractivity contribution in [1.29, 1.82) is 0 Å². The summed E-state index contributed by atoms with van der Waals surface area (Å²) < 4.78 is 6.27. The van der Waals surface area contributed by atoms with E-state index in [0.717, 1.165) is 0 Å². The summed E-state index contributed by atoms with van der Waals surface area (Å²) in [7, 11) is -4.06. The molecule has 0 bridgehead atoms. The van der Waals surface area contributed by atoms with Crippen LogP contribution in [0.1, 0.15) is 0 Å². The number of halogens is 5. The highest BCUT2D eigenvalue weighted by Gasteiger charge is 2.37. The van der Waals surface area contributed by atoms with Gasteiger partial charge in [-0.25, -0.2) is 0 Å². The maximum absolute atomic E-state index is 6.30. The molecule has 1 aromatic rings. The van der Waals surface area contributed by atoms with Crippen molar-refractivity contribution in [1.82, 2.24) is 0 Å². The lowest BCUT2D eigenvalue weighted by molar-refractivity contribution is 0.566. The number of hydrogen-bond acceptors (Lipinski definition) is 1. The molecule has 0 amide bonds. The zero-order valence-corrected chi connectivity index (χ0v) is 17.1. The van der Waals surface area contributed by atoms with Gasteiger partial charge in [-0.2, -0.15) is 0 Å². The number of hydrogen-bond donors (Lipinski definition) is 0. The molecular weight excluding hydrogens is 382 g/mol. The van der Waals surface area contributed by atoms with Crippen molar-refractivity contribution < 1.29 is 4.12 Å². The van der Waals surface area contributed by atoms with Crippen molar-refractivity contribution in [3.05, 3.63) is 25.1 Å². The molecular formula is C11H15Cl5OSi2. The zero-order valence-electron chi connectivity index (χ0n) is 11.3. The highest BCUT2D eigenvalue weighted by Crippen LogP contribution is 2.40. The maximum Gasteiger partial charge on any atom is 0.209 e. The monoisotopic (exact) mass is 394 g/mol. The van der Waals surface area contributed by atoms with Gasteiger partial charge in [0, 0.05) is 5.19 Å². The first-order valence-electron chi connectivity index (χ1n) is 5.60. The second-order valence-corrected chi connectivity index (χ2v) is 16.1. The van der Waals surface area contributed by atoms with Gasteiger partial charge < -0.3 is 4.12 Å². The average Bonchev–Trinajstić information content (AvgIpc) is 2.20. The third-order valence-electron chi connectivity index (χ3n) is 2.37. The first-order valence-corrected chi connectivity index (χ1v) is 13.8. The lowest BCUT2D eigenvalue weighted by Crippen LogP contribution is -2.52. The molecule has 108 valence electrons. The van der Waals surface area contributed by atoms with Crippen molar-refractivity contribution in [2.24, 2.45) is 0 Å². The van der Waals surface area contributed by atoms with Crippen LogP contribution in [0.3, 0.4) is 0 Å². The Bertz CT molecular complexity index is 482. The Morgan fingerprint density at radius 2 is 0.947 bits per heavy atom. The molecule has 0 radical (unpaired) electrons. The largest absolute Gasteiger partial charge is 0.452 e. The molecule has 0 atom stereocenters. The maximum atomic E-state index is 6.30. The number of rotatable bonds is 3. The lowest BCUT2D eigenvalue weighted by atomic mass is 10.3. The summed E-state index contributed by atoms with van der Waals surface area (Å²) in [5.74, 6) is 0. The Balaban J connectivity index is 3.51. The fourth-order valence-corrected chi connectivity index (χ4v) is 12.5. The Kier molecular flexibility index (Phi) is 5.77. The van der Waals surface area contributed by atoms with Crippen LogP contribution in [0.2, 0.25) is 57.8 Å². The van der Waals surface area contributed by atoms with Crippen LogP contribution in [0.5, 0.6) is 0 Å². The molecule has 0 aromatic heterocycles. The smallest absolute Gasteiger partial charge is 0.209 e. The lowest BCUT2D eigenvalue weighted by Gasteiger charge is -2.33. The van der Waals surface area contributed by atoms with Crippen LogP contribution in [0, 0.1) is 0 Å². The average molecular weight is 397 g/mol. The van der Waals surface area contributed by atoms with E-state index in [0.29, 0.717) is 15.2 Å². The molecule has 0 N–H and O–H groups in total. The van der Waals surface area contributed by atoms with E-state index in [9.17, 15) is 0 Å². The fraction of sp³-hybridized carbons (Fsp3) is 0.455. The van der Waals surface area contributed by atoms with Crippen molar-refractivity contribution in [2.75, 3.05) is 0 Å². The van der Waals surface area contributed by atoms with E-state index in [1.54, 1.807) is 0 Å². The second kappa shape index (κ2) is 6.05. The molecule has 0 saturated heterocycles. The van der Waals surface area contributed by atoms with Gasteiger partial charge in [-0.1, -0.05) is 58.0 Å². The predicted octanol–water partition coefficient (Wildman–Crippen LogP) is 6.22. The van der Waals surface area contributed by atoms with Gasteiger partial charge in [-0.05, 0) is 32.7 Å². The van der Waals surface area contributed by atoms with Gasteiger partial charge in [0.05, 0.1) is 25.1 Å². The molecule has 0 aliphatic heterocycles. The molecule has 0 fully saturated rings. The molecule has 0 spiro atoms. The Hall–Kier alpha value is 1.06. The molecule has 0 aliphatic carbocycles. The number of benzene rings is 1. The van der Waals surface area contributed by atoms with E-state index in [2.05, 4.69) is 19.6 Å². The first-order chi connectivity index (χ1) is 8.38. The normalized spacial score (nSPS) is 12.9. The summed E-state index contributed by atoms with van der Waals surface area (Å²) in [4.78, 5) is 0. The molecule has 19 heavy (non-hydrogen) atoms. The van der Waals surface area contributed by atoms with Crippen LogP contribution in [-0.2, 0) is 4.12 Å². The Morgan fingerprint density at radius 1 is 0.632 bits per heavy atom. The first kappa shape index (κ1) is 18.1. The molecule has 1 aromatic carbocycles. The van der Waals surface area contributed by atoms with Gasteiger partial charge in [0.25, 0.3) is 0 Å². The van der Waals surface area contributed by atoms with Crippen LogP contribution >= 0.6 is 58.0 Å². The van der Waals surface area contributed by atoms with E-state index in [-0.39, 0.29) is 15.1 Å². The summed E-state index contributed by atoms with van der Waals surface area (Å²) in [6.07, 6.45) is 0. The minimum Gasteiger partial charge on any atom is -0.452 e. The molecule has 1 nitrogen and oxygen atoms in total. The standard InChI is InChI=1S/C11H15Cl5OSi2/c1-18(2,3)17-19(4,5)11-9(15)7(13)6(12)8(14)10(11)16/h1-5H3. The summed E-state index contributed by atoms with van der Waals surface area (Å²) in [6, 6.07) is 0. The van der Waals surface area contributed by atoms with Gasteiger partial charge >= 0.3 is 0 Å². The van der Waals surface area contributed by atoms with Gasteiger partial charge in [-0.15, -0.1) is 0 Å². The molecule has 8 heteroatoms. The van der Waals surface area contributed by atoms with Crippen molar-refractivity contribution in [3.63, 3.8) is 0 Å². The van der Waals surface area contributed by atoms with E-state index in [1.807, 2.05) is 13.1 Å². The van der Waals surface area contributed by atoms with E-state index in [4.69, 9.17) is 62.1 Å². The SMILES string of the molecule is C[Si](C)(C)O[Si](C)(C)c1c(Cl)c(Cl)c(Cl)c(Cl)c1Cl. The van der Waals surface area contributed by atoms with Gasteiger partial charge in [-0.3, -0.25) is 0 Å². The highest BCUT2D eigenvalue weighted by molar-refractivity contribution is 6.94. The minimum absolute atomic E-state index is 0.180. The quantitative estimate of drug-likeness (QED) is 0.335. The highest BCUT2D eigenvalue weighted by atomic mass is 35.5. The minimum atomic E-state index is -2.32. The van der Waals surface area contributed by atoms with Gasteiger partial charge in [0.15, 0.2) is 8.32 Å². The predicted molar refractivity (Wildman–Crippen MR) is 93.0 cm³/mol. The summed E-state index contributed by atoms with van der Waals surface area (Å²) in [6.45, 7) is 10.4. The fourth-order valence-electron chi connectivity index (χ4n) is 1.95. The Morgan fingerprint density at radius 3 is 1.26 bits per heavy atom. The molecule has 0 saturated carbocycles. The zero-order chi connectivity index (χ0) is 15.2. The van der Waals surface area contributed by atoms with Crippen molar-refractivity contribution >= 4 is 79.8 Å². The van der Waals surface area contributed by atoms with Crippen LogP contribution in [0.15, 0.2) is 0 Å². The van der Waals surface area contributed by atoms with Crippen molar-refractivity contribution in [2.45, 2.75) is 32.7 Å². The molecule has 0 aliphatic rings. The summed E-state index contributed by atoms with van der Waals surface area (Å²) >= 11 is 30.8.